The van der Waals surface area contributed by atoms with Crippen LogP contribution in [-0.2, 0) is 0 Å². The van der Waals surface area contributed by atoms with Gasteiger partial charge in [-0.05, 0) is 0 Å². The van der Waals surface area contributed by atoms with Gasteiger partial charge in [-0.15, -0.1) is 0 Å². The third-order valence-electron chi connectivity index (χ3n) is 0.667. The van der Waals surface area contributed by atoms with Crippen LogP contribution in [0.2, 0.25) is 0 Å². The van der Waals surface area contributed by atoms with Gasteiger partial charge in [-0.3, -0.25) is 0 Å². The van der Waals surface area contributed by atoms with Gasteiger partial charge in [0.15, 0.2) is 0 Å². The lowest BCUT2D eigenvalue weighted by Gasteiger charge is -1.69. The lowest BCUT2D eigenvalue weighted by atomic mass is 10.4. The van der Waals surface area contributed by atoms with Crippen LogP contribution in [-0.4, -0.2) is 0 Å². The maximum atomic E-state index is 2.00. The van der Waals surface area contributed by atoms with E-state index >= 15 is 0 Å². The van der Waals surface area contributed by atoms with Gasteiger partial charge in [0.25, 0.3) is 0 Å². The maximum Gasteiger partial charge on any atom is -0.0623 e. The third kappa shape index (κ3) is 72.4. The molecule has 1 rings (SSSR count). The van der Waals surface area contributed by atoms with Crippen LogP contribution < -0.4 is 0 Å². The Hall–Kier alpha value is -0.780. The molecule has 0 spiro atoms. The molecule has 1 aromatic carbocycles. The average Bonchev–Trinajstić information content (AvgIpc) is 2.51. The molecule has 0 atom stereocenters. The maximum absolute atomic E-state index is 2.00. The van der Waals surface area contributed by atoms with E-state index in [1.54, 1.807) is 0 Å². The van der Waals surface area contributed by atoms with Crippen LogP contribution in [0, 0.1) is 0 Å². The highest BCUT2D eigenvalue weighted by Gasteiger charge is 1.57. The monoisotopic (exact) mass is 228 g/mol. The first kappa shape index (κ1) is 29.5. The second kappa shape index (κ2) is 91.2. The highest BCUT2D eigenvalue weighted by molar-refractivity contribution is 4.99. The summed E-state index contributed by atoms with van der Waals surface area (Å²) in [4.78, 5) is 0. The van der Waals surface area contributed by atoms with Gasteiger partial charge in [0.2, 0.25) is 0 Å². The van der Waals surface area contributed by atoms with E-state index in [0.29, 0.717) is 0 Å². The van der Waals surface area contributed by atoms with Gasteiger partial charge >= 0.3 is 0 Å². The molecule has 0 unspecified atom stereocenters. The normalized spacial score (nSPS) is 4.88. The molecule has 0 heteroatoms. The highest BCUT2D eigenvalue weighted by Crippen LogP contribution is 1.79. The first-order valence-corrected chi connectivity index (χ1v) is 7.00. The summed E-state index contributed by atoms with van der Waals surface area (Å²) in [5.74, 6) is 0. The lowest BCUT2D eigenvalue weighted by Crippen LogP contribution is -1.47. The van der Waals surface area contributed by atoms with Crippen LogP contribution in [0.5, 0.6) is 0 Å². The number of rotatable bonds is 0. The minimum absolute atomic E-state index is 2.00. The SMILES string of the molecule is CC.CC.CC.CC.CC.c1ccccc1. The van der Waals surface area contributed by atoms with Gasteiger partial charge in [-0.1, -0.05) is 106 Å². The van der Waals surface area contributed by atoms with Crippen molar-refractivity contribution in [2.75, 3.05) is 0 Å². The smallest absolute Gasteiger partial charge is 0.0623 e. The van der Waals surface area contributed by atoms with Crippen molar-refractivity contribution in [3.63, 3.8) is 0 Å². The third-order valence-corrected chi connectivity index (χ3v) is 0.667. The zero-order chi connectivity index (χ0) is 14.2. The predicted molar refractivity (Wildman–Crippen MR) is 83.2 cm³/mol. The van der Waals surface area contributed by atoms with Crippen LogP contribution in [0.15, 0.2) is 36.4 Å². The first-order valence-electron chi connectivity index (χ1n) is 7.00. The number of hydrogen-bond acceptors (Lipinski definition) is 0. The summed E-state index contributed by atoms with van der Waals surface area (Å²) < 4.78 is 0. The van der Waals surface area contributed by atoms with Crippen LogP contribution >= 0.6 is 0 Å². The van der Waals surface area contributed by atoms with E-state index in [1.165, 1.54) is 0 Å². The Labute approximate surface area is 106 Å². The molecule has 0 aliphatic heterocycles. The Kier molecular flexibility index (Phi) is 168. The second-order valence-electron chi connectivity index (χ2n) is 1.15. The van der Waals surface area contributed by atoms with Crippen molar-refractivity contribution in [2.24, 2.45) is 0 Å². The van der Waals surface area contributed by atoms with Crippen molar-refractivity contribution in [1.29, 1.82) is 0 Å². The molecule has 0 aromatic heterocycles. The molecule has 0 saturated heterocycles. The van der Waals surface area contributed by atoms with Gasteiger partial charge < -0.3 is 0 Å². The van der Waals surface area contributed by atoms with Crippen molar-refractivity contribution in [2.45, 2.75) is 69.2 Å². The molecule has 16 heavy (non-hydrogen) atoms. The zero-order valence-electron chi connectivity index (χ0n) is 13.5. The van der Waals surface area contributed by atoms with Crippen molar-refractivity contribution in [3.05, 3.63) is 36.4 Å². The van der Waals surface area contributed by atoms with E-state index in [9.17, 15) is 0 Å². The van der Waals surface area contributed by atoms with Gasteiger partial charge in [0.1, 0.15) is 0 Å². The number of benzene rings is 1. The van der Waals surface area contributed by atoms with Crippen LogP contribution in [0.25, 0.3) is 0 Å². The molecule has 0 aliphatic carbocycles. The van der Waals surface area contributed by atoms with Gasteiger partial charge in [0.05, 0.1) is 0 Å². The lowest BCUT2D eigenvalue weighted by molar-refractivity contribution is 1.50. The first-order chi connectivity index (χ1) is 8.00. The Bertz CT molecular complexity index is 72.0. The van der Waals surface area contributed by atoms with E-state index in [-0.39, 0.29) is 0 Å². The fourth-order valence-corrected chi connectivity index (χ4v) is 0.385. The summed E-state index contributed by atoms with van der Waals surface area (Å²) in [6.07, 6.45) is 0. The molecule has 0 radical (unpaired) electrons. The van der Waals surface area contributed by atoms with Crippen molar-refractivity contribution < 1.29 is 0 Å². The van der Waals surface area contributed by atoms with Crippen molar-refractivity contribution in [1.82, 2.24) is 0 Å². The second-order valence-corrected chi connectivity index (χ2v) is 1.15. The van der Waals surface area contributed by atoms with Gasteiger partial charge in [-0.25, -0.2) is 0 Å². The van der Waals surface area contributed by atoms with E-state index in [1.807, 2.05) is 106 Å². The molecule has 1 aromatic rings. The molecule has 0 bridgehead atoms. The topological polar surface area (TPSA) is 0 Å². The summed E-state index contributed by atoms with van der Waals surface area (Å²) in [7, 11) is 0. The standard InChI is InChI=1S/C6H6.5C2H6/c1-2-4-6-5-3-1;5*1-2/h1-6H;5*1-2H3. The minimum Gasteiger partial charge on any atom is -0.0683 e. The summed E-state index contributed by atoms with van der Waals surface area (Å²) >= 11 is 0. The van der Waals surface area contributed by atoms with E-state index in [0.717, 1.165) is 0 Å². The van der Waals surface area contributed by atoms with Crippen LogP contribution in [0.1, 0.15) is 69.2 Å². The van der Waals surface area contributed by atoms with Crippen molar-refractivity contribution >= 4 is 0 Å². The Morgan fingerprint density at radius 2 is 0.312 bits per heavy atom. The molecule has 0 N–H and O–H groups in total. The molecule has 0 aliphatic rings. The molecular weight excluding hydrogens is 192 g/mol. The fourth-order valence-electron chi connectivity index (χ4n) is 0.385. The molecular formula is C16H36. The molecule has 0 amide bonds. The Morgan fingerprint density at radius 1 is 0.250 bits per heavy atom. The summed E-state index contributed by atoms with van der Waals surface area (Å²) in [5.41, 5.74) is 0. The largest absolute Gasteiger partial charge is 0.0683 e. The summed E-state index contributed by atoms with van der Waals surface area (Å²) in [6.45, 7) is 20.0. The van der Waals surface area contributed by atoms with E-state index < -0.39 is 0 Å². The van der Waals surface area contributed by atoms with Crippen LogP contribution in [0.3, 0.4) is 0 Å². The Balaban J connectivity index is -0.0000000351. The molecule has 100 valence electrons. The van der Waals surface area contributed by atoms with Crippen LogP contribution in [0.4, 0.5) is 0 Å². The summed E-state index contributed by atoms with van der Waals surface area (Å²) in [6, 6.07) is 12.0. The Morgan fingerprint density at radius 3 is 0.375 bits per heavy atom. The number of hydrogen-bond donors (Lipinski definition) is 0. The van der Waals surface area contributed by atoms with E-state index in [2.05, 4.69) is 0 Å². The average molecular weight is 228 g/mol. The van der Waals surface area contributed by atoms with E-state index in [4.69, 9.17) is 0 Å². The highest BCUT2D eigenvalue weighted by atomic mass is 13.6. The molecule has 0 fully saturated rings. The summed E-state index contributed by atoms with van der Waals surface area (Å²) in [5, 5.41) is 0. The minimum atomic E-state index is 2.00. The predicted octanol–water partition coefficient (Wildman–Crippen LogP) is 6.82. The molecule has 0 saturated carbocycles. The fraction of sp³-hybridized carbons (Fsp3) is 0.625. The zero-order valence-corrected chi connectivity index (χ0v) is 13.5. The quantitative estimate of drug-likeness (QED) is 0.457. The van der Waals surface area contributed by atoms with Gasteiger partial charge in [0, 0.05) is 0 Å². The molecule has 0 nitrogen and oxygen atoms in total. The van der Waals surface area contributed by atoms with Crippen molar-refractivity contribution in [3.8, 4) is 0 Å². The van der Waals surface area contributed by atoms with Gasteiger partial charge in [-0.2, -0.15) is 0 Å². The molecule has 0 heterocycles.